The Morgan fingerprint density at radius 2 is 1.70 bits per heavy atom. The summed E-state index contributed by atoms with van der Waals surface area (Å²) in [7, 11) is 1.76. The molecular formula is C19H22ClNO2. The minimum atomic E-state index is -0.681. The number of ether oxygens (including phenoxy) is 1. The molecule has 0 fully saturated rings. The number of para-hydroxylation sites is 1. The first kappa shape index (κ1) is 17.4. The number of nitrogens with zero attached hydrogens (tertiary/aromatic N) is 1. The van der Waals surface area contributed by atoms with E-state index in [1.165, 1.54) is 0 Å². The molecule has 1 amide bonds. The molecule has 2 aromatic rings. The van der Waals surface area contributed by atoms with E-state index in [9.17, 15) is 4.79 Å². The van der Waals surface area contributed by atoms with E-state index >= 15 is 0 Å². The summed E-state index contributed by atoms with van der Waals surface area (Å²) >= 11 is 6.32. The Morgan fingerprint density at radius 3 is 2.35 bits per heavy atom. The van der Waals surface area contributed by atoms with Gasteiger partial charge >= 0.3 is 0 Å². The Morgan fingerprint density at radius 1 is 1.09 bits per heavy atom. The van der Waals surface area contributed by atoms with Crippen molar-refractivity contribution in [1.82, 2.24) is 4.90 Å². The molecule has 23 heavy (non-hydrogen) atoms. The molecule has 0 heterocycles. The van der Waals surface area contributed by atoms with Crippen LogP contribution in [0.1, 0.15) is 30.4 Å². The van der Waals surface area contributed by atoms with Crippen LogP contribution in [0, 0.1) is 0 Å². The maximum Gasteiger partial charge on any atom is 0.245 e. The van der Waals surface area contributed by atoms with Gasteiger partial charge in [-0.15, -0.1) is 11.6 Å². The first-order valence-corrected chi connectivity index (χ1v) is 8.11. The molecule has 0 aliphatic carbocycles. The van der Waals surface area contributed by atoms with Gasteiger partial charge in [0.15, 0.2) is 0 Å². The number of hydrogen-bond donors (Lipinski definition) is 0. The van der Waals surface area contributed by atoms with Crippen LogP contribution in [0.15, 0.2) is 54.6 Å². The number of halogens is 1. The Labute approximate surface area is 142 Å². The first-order chi connectivity index (χ1) is 11.0. The van der Waals surface area contributed by atoms with Gasteiger partial charge in [-0.2, -0.15) is 0 Å². The highest BCUT2D eigenvalue weighted by Crippen LogP contribution is 2.25. The number of rotatable bonds is 6. The van der Waals surface area contributed by atoms with Gasteiger partial charge < -0.3 is 9.64 Å². The maximum absolute atomic E-state index is 12.5. The molecule has 0 aliphatic rings. The highest BCUT2D eigenvalue weighted by molar-refractivity contribution is 6.30. The third kappa shape index (κ3) is 4.73. The van der Waals surface area contributed by atoms with Crippen molar-refractivity contribution in [2.45, 2.75) is 31.9 Å². The molecule has 122 valence electrons. The number of benzene rings is 2. The second-order valence-corrected chi connectivity index (χ2v) is 6.18. The summed E-state index contributed by atoms with van der Waals surface area (Å²) in [6.07, 6.45) is 0.0854. The van der Waals surface area contributed by atoms with Gasteiger partial charge in [-0.25, -0.2) is 0 Å². The fourth-order valence-corrected chi connectivity index (χ4v) is 2.61. The summed E-state index contributed by atoms with van der Waals surface area (Å²) in [5.74, 6) is 0.671. The van der Waals surface area contributed by atoms with Gasteiger partial charge in [0.25, 0.3) is 0 Å². The van der Waals surface area contributed by atoms with E-state index < -0.39 is 5.38 Å². The average molecular weight is 332 g/mol. The molecule has 0 N–H and O–H groups in total. The Bertz CT molecular complexity index is 643. The quantitative estimate of drug-likeness (QED) is 0.734. The van der Waals surface area contributed by atoms with Gasteiger partial charge in [-0.1, -0.05) is 48.5 Å². The highest BCUT2D eigenvalue weighted by Gasteiger charge is 2.22. The Hall–Kier alpha value is -2.00. The van der Waals surface area contributed by atoms with Crippen LogP contribution in [0.3, 0.4) is 0 Å². The topological polar surface area (TPSA) is 29.5 Å². The molecule has 0 saturated heterocycles. The molecule has 1 atom stereocenters. The lowest BCUT2D eigenvalue weighted by molar-refractivity contribution is -0.130. The minimum absolute atomic E-state index is 0.0854. The van der Waals surface area contributed by atoms with E-state index in [2.05, 4.69) is 0 Å². The molecule has 3 nitrogen and oxygen atoms in total. The monoisotopic (exact) mass is 331 g/mol. The van der Waals surface area contributed by atoms with Crippen LogP contribution in [-0.4, -0.2) is 24.0 Å². The molecule has 0 bridgehead atoms. The Balaban J connectivity index is 2.10. The van der Waals surface area contributed by atoms with Crippen molar-refractivity contribution in [3.63, 3.8) is 0 Å². The Kier molecular flexibility index (Phi) is 6.05. The highest BCUT2D eigenvalue weighted by atomic mass is 35.5. The molecule has 0 saturated carbocycles. The lowest BCUT2D eigenvalue weighted by atomic mass is 10.1. The zero-order valence-corrected chi connectivity index (χ0v) is 14.5. The lowest BCUT2D eigenvalue weighted by Crippen LogP contribution is -2.29. The summed E-state index contributed by atoms with van der Waals surface area (Å²) in [4.78, 5) is 14.2. The number of carbonyl (C=O) groups excluding carboxylic acids is 1. The van der Waals surface area contributed by atoms with Crippen LogP contribution >= 0.6 is 11.6 Å². The fraction of sp³-hybridized carbons (Fsp3) is 0.316. The maximum atomic E-state index is 12.5. The van der Waals surface area contributed by atoms with E-state index in [1.54, 1.807) is 11.9 Å². The molecule has 1 unspecified atom stereocenters. The van der Waals surface area contributed by atoms with Crippen molar-refractivity contribution in [3.8, 4) is 5.75 Å². The van der Waals surface area contributed by atoms with Crippen molar-refractivity contribution in [3.05, 3.63) is 65.7 Å². The molecule has 4 heteroatoms. The summed E-state index contributed by atoms with van der Waals surface area (Å²) in [6.45, 7) is 4.42. The molecular weight excluding hydrogens is 310 g/mol. The molecule has 2 rings (SSSR count). The van der Waals surface area contributed by atoms with Gasteiger partial charge in [-0.3, -0.25) is 4.79 Å². The molecule has 0 aromatic heterocycles. The van der Waals surface area contributed by atoms with Crippen LogP contribution in [-0.2, 0) is 11.3 Å². The number of amides is 1. The summed E-state index contributed by atoms with van der Waals surface area (Å²) in [6, 6.07) is 17.1. The first-order valence-electron chi connectivity index (χ1n) is 7.67. The SMILES string of the molecule is CC(C)Oc1ccccc1CN(C)C(=O)C(Cl)c1ccccc1. The number of carbonyl (C=O) groups is 1. The van der Waals surface area contributed by atoms with Crippen LogP contribution < -0.4 is 4.74 Å². The summed E-state index contributed by atoms with van der Waals surface area (Å²) in [5, 5.41) is -0.681. The van der Waals surface area contributed by atoms with Crippen LogP contribution in [0.2, 0.25) is 0 Å². The van der Waals surface area contributed by atoms with Gasteiger partial charge in [0.2, 0.25) is 5.91 Å². The third-order valence-corrected chi connectivity index (χ3v) is 3.87. The van der Waals surface area contributed by atoms with Crippen molar-refractivity contribution >= 4 is 17.5 Å². The van der Waals surface area contributed by atoms with Crippen molar-refractivity contribution in [1.29, 1.82) is 0 Å². The summed E-state index contributed by atoms with van der Waals surface area (Å²) < 4.78 is 5.80. The normalized spacial score (nSPS) is 12.0. The summed E-state index contributed by atoms with van der Waals surface area (Å²) in [5.41, 5.74) is 1.77. The van der Waals surface area contributed by atoms with E-state index in [1.807, 2.05) is 68.4 Å². The van der Waals surface area contributed by atoms with Crippen LogP contribution in [0.5, 0.6) is 5.75 Å². The van der Waals surface area contributed by atoms with E-state index in [0.29, 0.717) is 6.54 Å². The largest absolute Gasteiger partial charge is 0.491 e. The van der Waals surface area contributed by atoms with Crippen molar-refractivity contribution in [2.24, 2.45) is 0 Å². The van der Waals surface area contributed by atoms with Crippen LogP contribution in [0.4, 0.5) is 0 Å². The molecule has 2 aromatic carbocycles. The smallest absolute Gasteiger partial charge is 0.245 e. The van der Waals surface area contributed by atoms with Crippen molar-refractivity contribution < 1.29 is 9.53 Å². The third-order valence-electron chi connectivity index (χ3n) is 3.43. The minimum Gasteiger partial charge on any atom is -0.491 e. The van der Waals surface area contributed by atoms with E-state index in [4.69, 9.17) is 16.3 Å². The molecule has 0 aliphatic heterocycles. The number of hydrogen-bond acceptors (Lipinski definition) is 2. The standard InChI is InChI=1S/C19H22ClNO2/c1-14(2)23-17-12-8-7-11-16(17)13-21(3)19(22)18(20)15-9-5-4-6-10-15/h4-12,14,18H,13H2,1-3H3. The van der Waals surface area contributed by atoms with Gasteiger partial charge in [0.05, 0.1) is 6.10 Å². The van der Waals surface area contributed by atoms with E-state index in [0.717, 1.165) is 16.9 Å². The second-order valence-electron chi connectivity index (χ2n) is 5.74. The van der Waals surface area contributed by atoms with Gasteiger partial charge in [0, 0.05) is 19.2 Å². The number of alkyl halides is 1. The van der Waals surface area contributed by atoms with Crippen molar-refractivity contribution in [2.75, 3.05) is 7.05 Å². The molecule has 0 radical (unpaired) electrons. The molecule has 0 spiro atoms. The predicted octanol–water partition coefficient (Wildman–Crippen LogP) is 4.41. The zero-order valence-electron chi connectivity index (χ0n) is 13.7. The lowest BCUT2D eigenvalue weighted by Gasteiger charge is -2.22. The second kappa shape index (κ2) is 8.02. The van der Waals surface area contributed by atoms with Gasteiger partial charge in [-0.05, 0) is 25.5 Å². The number of likely N-dealkylation sites (N-methyl/N-ethyl adjacent to an activating group) is 1. The van der Waals surface area contributed by atoms with E-state index in [-0.39, 0.29) is 12.0 Å². The predicted molar refractivity (Wildman–Crippen MR) is 93.7 cm³/mol. The van der Waals surface area contributed by atoms with Crippen LogP contribution in [0.25, 0.3) is 0 Å². The zero-order chi connectivity index (χ0) is 16.8. The average Bonchev–Trinajstić information content (AvgIpc) is 2.55. The van der Waals surface area contributed by atoms with Gasteiger partial charge in [0.1, 0.15) is 11.1 Å². The fourth-order valence-electron chi connectivity index (χ4n) is 2.29.